The number of anilines is 6. The largest absolute Gasteiger partial charge is 0.310 e. The number of benzene rings is 13. The van der Waals surface area contributed by atoms with E-state index >= 15 is 0 Å². The molecule has 0 heterocycles. The van der Waals surface area contributed by atoms with Gasteiger partial charge in [-0.15, -0.1) is 0 Å². The van der Waals surface area contributed by atoms with Gasteiger partial charge in [0.05, 0.1) is 0 Å². The van der Waals surface area contributed by atoms with Gasteiger partial charge in [0.2, 0.25) is 0 Å². The molecule has 0 aromatic heterocycles. The molecule has 0 bridgehead atoms. The molecule has 0 amide bonds. The standard InChI is InChI=1S/C82H64N2/c1-57-5-13-61(14-6-57)21-25-65-29-39-77(40-30-65)83(78-41-31-66(32-42-78)26-22-62-15-7-58(2)8-16-62)81-47-37-69-49-71-52-74-54-76-56-82(48-38-70(76)50-72(74)51-73(71)53-75(69)55-81)84(79-43-33-67(34-44-79)27-23-63-17-9-59(3)10-18-63)80-45-35-68(36-46-80)28-24-64-19-11-60(4)12-20-64/h5-56H,1-4H3. The molecule has 0 aliphatic carbocycles. The van der Waals surface area contributed by atoms with Gasteiger partial charge in [-0.25, -0.2) is 0 Å². The highest BCUT2D eigenvalue weighted by Crippen LogP contribution is 2.41. The van der Waals surface area contributed by atoms with Gasteiger partial charge in [-0.1, -0.05) is 229 Å². The van der Waals surface area contributed by atoms with Crippen LogP contribution in [0.5, 0.6) is 0 Å². The van der Waals surface area contributed by atoms with Crippen LogP contribution in [0.25, 0.3) is 91.7 Å². The summed E-state index contributed by atoms with van der Waals surface area (Å²) in [5, 5.41) is 9.64. The minimum atomic E-state index is 1.09. The quantitative estimate of drug-likeness (QED) is 0.0791. The van der Waals surface area contributed by atoms with Crippen LogP contribution in [-0.2, 0) is 0 Å². The Hall–Kier alpha value is -10.5. The molecule has 13 aromatic carbocycles. The molecule has 13 aromatic rings. The van der Waals surface area contributed by atoms with E-state index in [4.69, 9.17) is 0 Å². The molecule has 84 heavy (non-hydrogen) atoms. The van der Waals surface area contributed by atoms with Crippen molar-refractivity contribution in [1.82, 2.24) is 0 Å². The van der Waals surface area contributed by atoms with Crippen molar-refractivity contribution in [2.24, 2.45) is 0 Å². The maximum absolute atomic E-state index is 2.37. The van der Waals surface area contributed by atoms with Crippen molar-refractivity contribution >= 4 is 126 Å². The van der Waals surface area contributed by atoms with E-state index in [1.807, 2.05) is 0 Å². The molecule has 0 spiro atoms. The van der Waals surface area contributed by atoms with Crippen LogP contribution in [0, 0.1) is 27.7 Å². The normalized spacial score (nSPS) is 11.9. The summed E-state index contributed by atoms with van der Waals surface area (Å²) < 4.78 is 0. The summed E-state index contributed by atoms with van der Waals surface area (Å²) in [4.78, 5) is 4.74. The van der Waals surface area contributed by atoms with Crippen LogP contribution in [0.2, 0.25) is 0 Å². The Morgan fingerprint density at radius 1 is 0.167 bits per heavy atom. The third-order valence-corrected chi connectivity index (χ3v) is 16.0. The minimum absolute atomic E-state index is 1.09. The molecule has 2 heteroatoms. The van der Waals surface area contributed by atoms with Crippen molar-refractivity contribution in [1.29, 1.82) is 0 Å². The van der Waals surface area contributed by atoms with E-state index < -0.39 is 0 Å². The lowest BCUT2D eigenvalue weighted by Gasteiger charge is -2.26. The summed E-state index contributed by atoms with van der Waals surface area (Å²) in [7, 11) is 0. The number of aryl methyl sites for hydroxylation is 4. The first-order valence-corrected chi connectivity index (χ1v) is 29.0. The molecule has 2 nitrogen and oxygen atoms in total. The Morgan fingerprint density at radius 3 is 0.548 bits per heavy atom. The second kappa shape index (κ2) is 23.5. The van der Waals surface area contributed by atoms with E-state index in [1.165, 1.54) is 87.6 Å². The van der Waals surface area contributed by atoms with Crippen LogP contribution in [-0.4, -0.2) is 0 Å². The van der Waals surface area contributed by atoms with Gasteiger partial charge in [-0.05, 0) is 224 Å². The Morgan fingerprint density at radius 2 is 0.333 bits per heavy atom. The maximum atomic E-state index is 2.37. The average molecular weight is 1080 g/mol. The van der Waals surface area contributed by atoms with E-state index in [-0.39, 0.29) is 0 Å². The van der Waals surface area contributed by atoms with E-state index in [0.717, 1.165) is 56.4 Å². The fourth-order valence-electron chi connectivity index (χ4n) is 11.1. The summed E-state index contributed by atoms with van der Waals surface area (Å²) in [5.41, 5.74) is 21.0. The summed E-state index contributed by atoms with van der Waals surface area (Å²) in [5.74, 6) is 0. The van der Waals surface area contributed by atoms with Crippen LogP contribution in [0.15, 0.2) is 267 Å². The molecule has 0 radical (unpaired) electrons. The highest BCUT2D eigenvalue weighted by Gasteiger charge is 2.16. The Labute approximate surface area is 494 Å². The van der Waals surface area contributed by atoms with Crippen molar-refractivity contribution in [2.75, 3.05) is 9.80 Å². The monoisotopic (exact) mass is 1080 g/mol. The van der Waals surface area contributed by atoms with Crippen molar-refractivity contribution in [3.8, 4) is 0 Å². The van der Waals surface area contributed by atoms with Crippen LogP contribution in [0.3, 0.4) is 0 Å². The first kappa shape index (κ1) is 52.8. The Bertz CT molecular complexity index is 4100. The number of rotatable bonds is 14. The molecule has 0 fully saturated rings. The van der Waals surface area contributed by atoms with Crippen molar-refractivity contribution in [3.05, 3.63) is 334 Å². The zero-order valence-electron chi connectivity index (χ0n) is 47.9. The molecule has 13 rings (SSSR count). The lowest BCUT2D eigenvalue weighted by molar-refractivity contribution is 1.29. The van der Waals surface area contributed by atoms with Gasteiger partial charge in [0.25, 0.3) is 0 Å². The number of hydrogen-bond acceptors (Lipinski definition) is 2. The molecule has 0 N–H and O–H groups in total. The number of hydrogen-bond donors (Lipinski definition) is 0. The zero-order valence-corrected chi connectivity index (χ0v) is 47.9. The molecule has 0 saturated carbocycles. The molecule has 0 aliphatic rings. The maximum Gasteiger partial charge on any atom is 0.0468 e. The second-order valence-electron chi connectivity index (χ2n) is 22.3. The second-order valence-corrected chi connectivity index (χ2v) is 22.3. The van der Waals surface area contributed by atoms with Gasteiger partial charge in [-0.3, -0.25) is 0 Å². The molecule has 402 valence electrons. The molecule has 0 saturated heterocycles. The summed E-state index contributed by atoms with van der Waals surface area (Å²) in [6.45, 7) is 8.49. The Kier molecular flexibility index (Phi) is 14.8. The van der Waals surface area contributed by atoms with Crippen molar-refractivity contribution in [3.63, 3.8) is 0 Å². The predicted molar refractivity (Wildman–Crippen MR) is 366 cm³/mol. The smallest absolute Gasteiger partial charge is 0.0468 e. The SMILES string of the molecule is Cc1ccc(C=Cc2ccc(N(c3ccc(C=Cc4ccc(C)cc4)cc3)c3ccc4cc5cc6cc7cc(N(c8ccc(C=Cc9ccc(C)cc9)cc8)c8ccc(C=Cc9ccc(C)cc9)cc8)ccc7cc6cc5cc4c3)cc2)cc1. The molecule has 0 aliphatic heterocycles. The molecular weight excluding hydrogens is 1010 g/mol. The molecule has 0 unspecified atom stereocenters. The minimum Gasteiger partial charge on any atom is -0.310 e. The van der Waals surface area contributed by atoms with Crippen LogP contribution in [0.1, 0.15) is 66.8 Å². The first-order chi connectivity index (χ1) is 41.1. The van der Waals surface area contributed by atoms with Crippen LogP contribution < -0.4 is 9.80 Å². The van der Waals surface area contributed by atoms with Gasteiger partial charge < -0.3 is 9.80 Å². The number of nitrogens with zero attached hydrogens (tertiary/aromatic N) is 2. The Balaban J connectivity index is 0.824. The van der Waals surface area contributed by atoms with Crippen molar-refractivity contribution < 1.29 is 0 Å². The predicted octanol–water partition coefficient (Wildman–Crippen LogP) is 23.2. The average Bonchev–Trinajstić information content (AvgIpc) is 2.13. The summed E-state index contributed by atoms with van der Waals surface area (Å²) >= 11 is 0. The fraction of sp³-hybridized carbons (Fsp3) is 0.0488. The van der Waals surface area contributed by atoms with Gasteiger partial charge in [0.1, 0.15) is 0 Å². The zero-order chi connectivity index (χ0) is 56.9. The third kappa shape index (κ3) is 12.1. The fourth-order valence-corrected chi connectivity index (χ4v) is 11.1. The van der Waals surface area contributed by atoms with E-state index in [2.05, 4.69) is 353 Å². The molecule has 0 atom stereocenters. The van der Waals surface area contributed by atoms with Gasteiger partial charge in [0, 0.05) is 34.1 Å². The number of fused-ring (bicyclic) bond motifs is 4. The van der Waals surface area contributed by atoms with E-state index in [1.54, 1.807) is 0 Å². The summed E-state index contributed by atoms with van der Waals surface area (Å²) in [6, 6.07) is 98.0. The van der Waals surface area contributed by atoms with Gasteiger partial charge in [-0.2, -0.15) is 0 Å². The lowest BCUT2D eigenvalue weighted by Crippen LogP contribution is -2.10. The highest BCUT2D eigenvalue weighted by atomic mass is 15.1. The lowest BCUT2D eigenvalue weighted by atomic mass is 9.97. The van der Waals surface area contributed by atoms with Gasteiger partial charge in [0.15, 0.2) is 0 Å². The summed E-state index contributed by atoms with van der Waals surface area (Å²) in [6.07, 6.45) is 17.5. The topological polar surface area (TPSA) is 6.48 Å². The van der Waals surface area contributed by atoms with Crippen molar-refractivity contribution in [2.45, 2.75) is 27.7 Å². The van der Waals surface area contributed by atoms with Gasteiger partial charge >= 0.3 is 0 Å². The first-order valence-electron chi connectivity index (χ1n) is 29.0. The van der Waals surface area contributed by atoms with Crippen LogP contribution in [0.4, 0.5) is 34.1 Å². The third-order valence-electron chi connectivity index (χ3n) is 16.0. The molecular formula is C82H64N2. The van der Waals surface area contributed by atoms with E-state index in [9.17, 15) is 0 Å². The van der Waals surface area contributed by atoms with E-state index in [0.29, 0.717) is 0 Å². The highest BCUT2D eigenvalue weighted by molar-refractivity contribution is 6.09. The van der Waals surface area contributed by atoms with Crippen LogP contribution >= 0.6 is 0 Å².